The molecule has 1 heterocycles. The Morgan fingerprint density at radius 2 is 2.05 bits per heavy atom. The van der Waals surface area contributed by atoms with Gasteiger partial charge < -0.3 is 11.1 Å². The molecule has 1 aromatic heterocycles. The van der Waals surface area contributed by atoms with E-state index < -0.39 is 5.91 Å². The number of nitrogens with one attached hydrogen (secondary N) is 1. The molecule has 0 unspecified atom stereocenters. The highest BCUT2D eigenvalue weighted by atomic mass is 16.2. The number of hydrogen-bond donors (Lipinski definition) is 2. The third-order valence-corrected chi connectivity index (χ3v) is 2.78. The van der Waals surface area contributed by atoms with Gasteiger partial charge in [-0.15, -0.1) is 0 Å². The third-order valence-electron chi connectivity index (χ3n) is 2.78. The molecule has 0 spiro atoms. The normalized spacial score (nSPS) is 9.86. The molecular weight excluding hydrogens is 270 g/mol. The van der Waals surface area contributed by atoms with Gasteiger partial charge in [0.1, 0.15) is 0 Å². The van der Waals surface area contributed by atoms with Crippen molar-refractivity contribution in [1.29, 1.82) is 5.26 Å². The monoisotopic (exact) mass is 283 g/mol. The average Bonchev–Trinajstić information content (AvgIpc) is 2.95. The molecule has 0 aliphatic carbocycles. The number of primary amides is 1. The highest BCUT2D eigenvalue weighted by molar-refractivity contribution is 5.92. The van der Waals surface area contributed by atoms with Gasteiger partial charge in [-0.2, -0.15) is 10.4 Å². The summed E-state index contributed by atoms with van der Waals surface area (Å²) >= 11 is 0. The Morgan fingerprint density at radius 1 is 1.33 bits per heavy atom. The molecule has 21 heavy (non-hydrogen) atoms. The molecule has 0 saturated heterocycles. The Bertz CT molecular complexity index is 697. The lowest BCUT2D eigenvalue weighted by molar-refractivity contribution is -0.116. The number of carbonyl (C=O) groups excluding carboxylic acids is 2. The van der Waals surface area contributed by atoms with Gasteiger partial charge in [-0.1, -0.05) is 0 Å². The van der Waals surface area contributed by atoms with E-state index in [0.29, 0.717) is 23.4 Å². The molecule has 0 radical (unpaired) electrons. The number of amides is 2. The van der Waals surface area contributed by atoms with Crippen LogP contribution in [0.4, 0.5) is 5.69 Å². The fourth-order valence-electron chi connectivity index (χ4n) is 1.68. The maximum absolute atomic E-state index is 11.8. The maximum atomic E-state index is 11.8. The smallest absolute Gasteiger partial charge is 0.251 e. The topological polar surface area (TPSA) is 114 Å². The number of hydrogen-bond acceptors (Lipinski definition) is 4. The van der Waals surface area contributed by atoms with Crippen molar-refractivity contribution in [3.05, 3.63) is 47.8 Å². The van der Waals surface area contributed by atoms with Crippen LogP contribution in [0.15, 0.2) is 36.7 Å². The summed E-state index contributed by atoms with van der Waals surface area (Å²) in [5, 5.41) is 15.3. The first-order chi connectivity index (χ1) is 10.1. The number of rotatable bonds is 5. The van der Waals surface area contributed by atoms with Crippen molar-refractivity contribution < 1.29 is 9.59 Å². The van der Waals surface area contributed by atoms with Crippen LogP contribution >= 0.6 is 0 Å². The van der Waals surface area contributed by atoms with E-state index in [4.69, 9.17) is 11.0 Å². The summed E-state index contributed by atoms with van der Waals surface area (Å²) in [5.74, 6) is -0.737. The predicted molar refractivity (Wildman–Crippen MR) is 75.1 cm³/mol. The van der Waals surface area contributed by atoms with Crippen molar-refractivity contribution >= 4 is 17.5 Å². The molecule has 2 rings (SSSR count). The van der Waals surface area contributed by atoms with Crippen LogP contribution in [-0.2, 0) is 11.3 Å². The molecule has 0 atom stereocenters. The minimum absolute atomic E-state index is 0.184. The van der Waals surface area contributed by atoms with E-state index in [2.05, 4.69) is 10.4 Å². The van der Waals surface area contributed by atoms with Gasteiger partial charge >= 0.3 is 0 Å². The molecule has 0 saturated carbocycles. The lowest BCUT2D eigenvalue weighted by Gasteiger charge is -2.05. The zero-order valence-corrected chi connectivity index (χ0v) is 11.1. The molecule has 3 N–H and O–H groups in total. The molecule has 7 nitrogen and oxygen atoms in total. The number of benzene rings is 1. The Kier molecular flexibility index (Phi) is 4.31. The molecule has 2 amide bonds. The van der Waals surface area contributed by atoms with Crippen molar-refractivity contribution in [3.8, 4) is 6.07 Å². The standard InChI is InChI=1S/C14H13N5O2/c15-7-10-1-3-12(4-2-10)18-13(20)5-6-19-9-11(8-17-19)14(16)21/h1-4,8-9H,5-6H2,(H2,16,21)(H,18,20). The fourth-order valence-corrected chi connectivity index (χ4v) is 1.68. The maximum Gasteiger partial charge on any atom is 0.251 e. The summed E-state index contributed by atoms with van der Waals surface area (Å²) in [6.45, 7) is 0.343. The lowest BCUT2D eigenvalue weighted by atomic mass is 10.2. The summed E-state index contributed by atoms with van der Waals surface area (Å²) in [5.41, 5.74) is 6.58. The predicted octanol–water partition coefficient (Wildman–Crippen LogP) is 0.882. The van der Waals surface area contributed by atoms with Gasteiger partial charge in [0.15, 0.2) is 0 Å². The van der Waals surface area contributed by atoms with E-state index in [0.717, 1.165) is 0 Å². The summed E-state index contributed by atoms with van der Waals surface area (Å²) in [4.78, 5) is 22.7. The molecule has 0 fully saturated rings. The average molecular weight is 283 g/mol. The van der Waals surface area contributed by atoms with Crippen LogP contribution in [0.3, 0.4) is 0 Å². The quantitative estimate of drug-likeness (QED) is 0.847. The number of nitriles is 1. The van der Waals surface area contributed by atoms with Crippen molar-refractivity contribution in [2.45, 2.75) is 13.0 Å². The van der Waals surface area contributed by atoms with Gasteiger partial charge in [-0.05, 0) is 24.3 Å². The van der Waals surface area contributed by atoms with Gasteiger partial charge in [0.2, 0.25) is 5.91 Å². The highest BCUT2D eigenvalue weighted by Crippen LogP contribution is 2.09. The summed E-state index contributed by atoms with van der Waals surface area (Å²) in [6, 6.07) is 8.58. The second kappa shape index (κ2) is 6.34. The van der Waals surface area contributed by atoms with Crippen LogP contribution in [0, 0.1) is 11.3 Å². The van der Waals surface area contributed by atoms with Crippen LogP contribution in [0.2, 0.25) is 0 Å². The molecule has 0 bridgehead atoms. The molecule has 106 valence electrons. The van der Waals surface area contributed by atoms with Gasteiger partial charge in [-0.3, -0.25) is 14.3 Å². The van der Waals surface area contributed by atoms with E-state index in [1.807, 2.05) is 6.07 Å². The van der Waals surface area contributed by atoms with Gasteiger partial charge in [0, 0.05) is 24.8 Å². The first-order valence-corrected chi connectivity index (χ1v) is 6.21. The number of aromatic nitrogens is 2. The van der Waals surface area contributed by atoms with Crippen molar-refractivity contribution in [2.75, 3.05) is 5.32 Å². The minimum atomic E-state index is -0.553. The van der Waals surface area contributed by atoms with E-state index >= 15 is 0 Å². The van der Waals surface area contributed by atoms with Crippen LogP contribution < -0.4 is 11.1 Å². The number of nitrogens with zero attached hydrogens (tertiary/aromatic N) is 3. The Morgan fingerprint density at radius 3 is 2.62 bits per heavy atom. The number of nitrogens with two attached hydrogens (primary N) is 1. The summed E-state index contributed by atoms with van der Waals surface area (Å²) in [7, 11) is 0. The SMILES string of the molecule is N#Cc1ccc(NC(=O)CCn2cc(C(N)=O)cn2)cc1. The van der Waals surface area contributed by atoms with Gasteiger partial charge in [-0.25, -0.2) is 0 Å². The largest absolute Gasteiger partial charge is 0.366 e. The number of carbonyl (C=O) groups is 2. The first-order valence-electron chi connectivity index (χ1n) is 6.21. The zero-order chi connectivity index (χ0) is 15.2. The second-order valence-corrected chi connectivity index (χ2v) is 4.34. The summed E-state index contributed by atoms with van der Waals surface area (Å²) in [6.07, 6.45) is 3.07. The second-order valence-electron chi connectivity index (χ2n) is 4.34. The van der Waals surface area contributed by atoms with E-state index in [1.54, 1.807) is 24.3 Å². The molecule has 2 aromatic rings. The molecule has 0 aliphatic rings. The van der Waals surface area contributed by atoms with Crippen molar-refractivity contribution in [2.24, 2.45) is 5.73 Å². The van der Waals surface area contributed by atoms with E-state index in [-0.39, 0.29) is 12.3 Å². The molecule has 1 aromatic carbocycles. The fraction of sp³-hybridized carbons (Fsp3) is 0.143. The van der Waals surface area contributed by atoms with Crippen molar-refractivity contribution in [1.82, 2.24) is 9.78 Å². The highest BCUT2D eigenvalue weighted by Gasteiger charge is 2.06. The van der Waals surface area contributed by atoms with Crippen LogP contribution in [-0.4, -0.2) is 21.6 Å². The van der Waals surface area contributed by atoms with Crippen molar-refractivity contribution in [3.63, 3.8) is 0 Å². The Balaban J connectivity index is 1.86. The molecular formula is C14H13N5O2. The van der Waals surface area contributed by atoms with Gasteiger partial charge in [0.25, 0.3) is 5.91 Å². The van der Waals surface area contributed by atoms with Gasteiger partial charge in [0.05, 0.1) is 23.4 Å². The van der Waals surface area contributed by atoms with Crippen LogP contribution in [0.5, 0.6) is 0 Å². The van der Waals surface area contributed by atoms with Crippen LogP contribution in [0.1, 0.15) is 22.3 Å². The third kappa shape index (κ3) is 3.91. The van der Waals surface area contributed by atoms with E-state index in [9.17, 15) is 9.59 Å². The summed E-state index contributed by atoms with van der Waals surface area (Å²) < 4.78 is 1.48. The Labute approximate surface area is 121 Å². The lowest BCUT2D eigenvalue weighted by Crippen LogP contribution is -2.15. The molecule has 0 aliphatic heterocycles. The minimum Gasteiger partial charge on any atom is -0.366 e. The number of anilines is 1. The zero-order valence-electron chi connectivity index (χ0n) is 11.1. The number of aryl methyl sites for hydroxylation is 1. The first kappa shape index (κ1) is 14.3. The van der Waals surface area contributed by atoms with E-state index in [1.165, 1.54) is 17.1 Å². The Hall–Kier alpha value is -3.14. The van der Waals surface area contributed by atoms with Crippen LogP contribution in [0.25, 0.3) is 0 Å². The molecule has 7 heteroatoms.